The lowest BCUT2D eigenvalue weighted by Gasteiger charge is -2.29. The monoisotopic (exact) mass is 390 g/mol. The van der Waals surface area contributed by atoms with Crippen LogP contribution >= 0.6 is 0 Å². The summed E-state index contributed by atoms with van der Waals surface area (Å²) in [6.45, 7) is 13.6. The largest absolute Gasteiger partial charge is 0.351 e. The smallest absolute Gasteiger partial charge is 0.220 e. The van der Waals surface area contributed by atoms with Crippen molar-refractivity contribution in [1.82, 2.24) is 10.6 Å². The molecule has 8 heteroatoms. The number of rotatable bonds is 16. The Morgan fingerprint density at radius 1 is 0.667 bits per heavy atom. The van der Waals surface area contributed by atoms with Crippen molar-refractivity contribution in [2.45, 2.75) is 72.4 Å². The molecule has 0 heterocycles. The fourth-order valence-corrected chi connectivity index (χ4v) is 2.61. The van der Waals surface area contributed by atoms with Gasteiger partial charge in [0.25, 0.3) is 0 Å². The van der Waals surface area contributed by atoms with E-state index in [4.69, 9.17) is 18.9 Å². The first kappa shape index (κ1) is 25.8. The zero-order valence-corrected chi connectivity index (χ0v) is 17.8. The fourth-order valence-electron chi connectivity index (χ4n) is 2.61. The summed E-state index contributed by atoms with van der Waals surface area (Å²) in [4.78, 5) is 23.9. The highest BCUT2D eigenvalue weighted by Crippen LogP contribution is 2.12. The Hall–Kier alpha value is -1.22. The van der Waals surface area contributed by atoms with Crippen LogP contribution in [0.3, 0.4) is 0 Å². The van der Waals surface area contributed by atoms with Crippen LogP contribution in [0.15, 0.2) is 0 Å². The van der Waals surface area contributed by atoms with Gasteiger partial charge < -0.3 is 29.6 Å². The summed E-state index contributed by atoms with van der Waals surface area (Å²) >= 11 is 0. The zero-order valence-electron chi connectivity index (χ0n) is 17.8. The number of nitrogens with one attached hydrogen (secondary N) is 2. The van der Waals surface area contributed by atoms with E-state index < -0.39 is 11.6 Å². The van der Waals surface area contributed by atoms with Crippen LogP contribution in [0.5, 0.6) is 0 Å². The topological polar surface area (TPSA) is 95.1 Å². The van der Waals surface area contributed by atoms with Crippen LogP contribution in [0.25, 0.3) is 0 Å². The van der Waals surface area contributed by atoms with Crippen LogP contribution in [0, 0.1) is 0 Å². The molecule has 0 aromatic rings. The van der Waals surface area contributed by atoms with E-state index in [1.165, 1.54) is 0 Å². The molecule has 0 atom stereocenters. The summed E-state index contributed by atoms with van der Waals surface area (Å²) in [5, 5.41) is 5.59. The lowest BCUT2D eigenvalue weighted by atomic mass is 10.2. The van der Waals surface area contributed by atoms with Gasteiger partial charge in [0.15, 0.2) is 11.6 Å². The van der Waals surface area contributed by atoms with Crippen LogP contribution in [-0.2, 0) is 28.5 Å². The molecule has 2 amide bonds. The highest BCUT2D eigenvalue weighted by molar-refractivity contribution is 5.78. The van der Waals surface area contributed by atoms with Crippen molar-refractivity contribution in [2.24, 2.45) is 0 Å². The van der Waals surface area contributed by atoms with Gasteiger partial charge >= 0.3 is 0 Å². The highest BCUT2D eigenvalue weighted by Gasteiger charge is 2.26. The van der Waals surface area contributed by atoms with Gasteiger partial charge in [-0.15, -0.1) is 0 Å². The number of amides is 2. The molecular weight excluding hydrogens is 352 g/mol. The van der Waals surface area contributed by atoms with Gasteiger partial charge in [0, 0.05) is 39.3 Å². The van der Waals surface area contributed by atoms with E-state index in [2.05, 4.69) is 10.6 Å². The first-order chi connectivity index (χ1) is 12.7. The summed E-state index contributed by atoms with van der Waals surface area (Å²) in [6, 6.07) is 0. The Bertz CT molecular complexity index is 380. The molecule has 0 aliphatic carbocycles. The highest BCUT2D eigenvalue weighted by atomic mass is 16.7. The average Bonchev–Trinajstić information content (AvgIpc) is 2.59. The van der Waals surface area contributed by atoms with Gasteiger partial charge in [0.2, 0.25) is 11.8 Å². The molecule has 0 bridgehead atoms. The fraction of sp³-hybridized carbons (Fsp3) is 0.895. The second-order valence-electron chi connectivity index (χ2n) is 6.41. The van der Waals surface area contributed by atoms with Crippen molar-refractivity contribution < 1.29 is 28.5 Å². The molecule has 0 fully saturated rings. The number of hydrogen-bond donors (Lipinski definition) is 2. The van der Waals surface area contributed by atoms with Crippen molar-refractivity contribution in [3.8, 4) is 0 Å². The minimum Gasteiger partial charge on any atom is -0.351 e. The second kappa shape index (κ2) is 13.9. The third kappa shape index (κ3) is 12.0. The van der Waals surface area contributed by atoms with Crippen molar-refractivity contribution in [3.63, 3.8) is 0 Å². The van der Waals surface area contributed by atoms with Crippen LogP contribution in [0.4, 0.5) is 0 Å². The molecule has 0 aromatic carbocycles. The molecule has 160 valence electrons. The van der Waals surface area contributed by atoms with Gasteiger partial charge in [0.1, 0.15) is 0 Å². The number of carbonyl (C=O) groups excluding carboxylic acids is 2. The summed E-state index contributed by atoms with van der Waals surface area (Å²) in [5.74, 6) is -1.94. The summed E-state index contributed by atoms with van der Waals surface area (Å²) < 4.78 is 22.2. The van der Waals surface area contributed by atoms with E-state index in [0.29, 0.717) is 32.8 Å². The maximum atomic E-state index is 12.0. The van der Waals surface area contributed by atoms with Crippen LogP contribution in [0.2, 0.25) is 0 Å². The summed E-state index contributed by atoms with van der Waals surface area (Å²) in [6.07, 6.45) is 0.976. The molecule has 0 saturated carbocycles. The Kier molecular flexibility index (Phi) is 13.2. The van der Waals surface area contributed by atoms with E-state index in [1.807, 2.05) is 27.7 Å². The molecular formula is C19H38N2O6. The van der Waals surface area contributed by atoms with Gasteiger partial charge in [-0.1, -0.05) is 0 Å². The molecule has 0 unspecified atom stereocenters. The van der Waals surface area contributed by atoms with Gasteiger partial charge in [-0.05, 0) is 48.0 Å². The second-order valence-corrected chi connectivity index (χ2v) is 6.41. The number of ether oxygens (including phenoxy) is 4. The Morgan fingerprint density at radius 2 is 0.963 bits per heavy atom. The van der Waals surface area contributed by atoms with Gasteiger partial charge in [0.05, 0.1) is 13.1 Å². The maximum Gasteiger partial charge on any atom is 0.220 e. The predicted octanol–water partition coefficient (Wildman–Crippen LogP) is 1.97. The first-order valence-electron chi connectivity index (χ1n) is 9.83. The number of hydrogen-bond acceptors (Lipinski definition) is 6. The Labute approximate surface area is 163 Å². The van der Waals surface area contributed by atoms with Crippen molar-refractivity contribution in [3.05, 3.63) is 0 Å². The maximum absolute atomic E-state index is 12.0. The van der Waals surface area contributed by atoms with Gasteiger partial charge in [-0.3, -0.25) is 9.59 Å². The molecule has 2 N–H and O–H groups in total. The molecule has 27 heavy (non-hydrogen) atoms. The molecule has 8 nitrogen and oxygen atoms in total. The standard InChI is InChI=1S/C19H38N2O6/c1-7-24-18(5,25-8-2)14-20-16(22)12-11-13-17(23)21-15-19(6,26-9-3)27-10-4/h7-15H2,1-6H3,(H,20,22)(H,21,23). The SMILES string of the molecule is CCOC(C)(CNC(=O)CCCC(=O)NCC(C)(OCC)OCC)OCC. The molecule has 0 radical (unpaired) electrons. The van der Waals surface area contributed by atoms with E-state index in [-0.39, 0.29) is 37.7 Å². The lowest BCUT2D eigenvalue weighted by molar-refractivity contribution is -0.217. The quantitative estimate of drug-likeness (QED) is 0.391. The molecule has 0 spiro atoms. The van der Waals surface area contributed by atoms with E-state index in [1.54, 1.807) is 13.8 Å². The molecule has 0 rings (SSSR count). The van der Waals surface area contributed by atoms with Crippen LogP contribution < -0.4 is 10.6 Å². The third-order valence-corrected chi connectivity index (χ3v) is 3.82. The minimum atomic E-state index is -0.834. The Balaban J connectivity index is 4.13. The summed E-state index contributed by atoms with van der Waals surface area (Å²) in [5.41, 5.74) is 0. The Morgan fingerprint density at radius 3 is 1.22 bits per heavy atom. The molecule has 0 aliphatic rings. The van der Waals surface area contributed by atoms with Crippen LogP contribution in [0.1, 0.15) is 60.8 Å². The van der Waals surface area contributed by atoms with Gasteiger partial charge in [-0.2, -0.15) is 0 Å². The normalized spacial score (nSPS) is 12.1. The van der Waals surface area contributed by atoms with Gasteiger partial charge in [-0.25, -0.2) is 0 Å². The van der Waals surface area contributed by atoms with E-state index in [9.17, 15) is 9.59 Å². The van der Waals surface area contributed by atoms with Crippen LogP contribution in [-0.4, -0.2) is 62.9 Å². The van der Waals surface area contributed by atoms with E-state index >= 15 is 0 Å². The molecule has 0 aliphatic heterocycles. The van der Waals surface area contributed by atoms with Crippen molar-refractivity contribution in [1.29, 1.82) is 0 Å². The number of carbonyl (C=O) groups is 2. The summed E-state index contributed by atoms with van der Waals surface area (Å²) in [7, 11) is 0. The third-order valence-electron chi connectivity index (χ3n) is 3.82. The first-order valence-corrected chi connectivity index (χ1v) is 9.83. The minimum absolute atomic E-state index is 0.137. The van der Waals surface area contributed by atoms with E-state index in [0.717, 1.165) is 0 Å². The zero-order chi connectivity index (χ0) is 20.8. The average molecular weight is 391 g/mol. The van der Waals surface area contributed by atoms with Crippen molar-refractivity contribution in [2.75, 3.05) is 39.5 Å². The predicted molar refractivity (Wildman–Crippen MR) is 103 cm³/mol. The van der Waals surface area contributed by atoms with Crippen molar-refractivity contribution >= 4 is 11.8 Å². The molecule has 0 saturated heterocycles. The molecule has 0 aromatic heterocycles. The lowest BCUT2D eigenvalue weighted by Crippen LogP contribution is -2.45.